The lowest BCUT2D eigenvalue weighted by Crippen LogP contribution is -2.13. The van der Waals surface area contributed by atoms with Crippen molar-refractivity contribution in [2.75, 3.05) is 23.9 Å². The van der Waals surface area contributed by atoms with E-state index in [2.05, 4.69) is 28.7 Å². The predicted molar refractivity (Wildman–Crippen MR) is 70.2 cm³/mol. The molecule has 1 heterocycles. The minimum absolute atomic E-state index is 0.210. The average Bonchev–Trinajstić information content (AvgIpc) is 2.53. The van der Waals surface area contributed by atoms with Gasteiger partial charge in [-0.2, -0.15) is 0 Å². The van der Waals surface area contributed by atoms with Crippen LogP contribution in [0.4, 0.5) is 5.95 Å². The van der Waals surface area contributed by atoms with Gasteiger partial charge in [0.25, 0.3) is 0 Å². The van der Waals surface area contributed by atoms with Crippen molar-refractivity contribution in [2.45, 2.75) is 33.2 Å². The standard InChI is InChI=1S/C11H21N3O2S/c1-9(2)14-8-10(3)13-11(14)12-6-5-7-17(4,15)16/h8-9H,5-7H2,1-4H3,(H,12,13). The van der Waals surface area contributed by atoms with Gasteiger partial charge < -0.3 is 9.88 Å². The van der Waals surface area contributed by atoms with E-state index in [1.54, 1.807) is 0 Å². The molecule has 6 heteroatoms. The van der Waals surface area contributed by atoms with E-state index in [1.165, 1.54) is 6.26 Å². The summed E-state index contributed by atoms with van der Waals surface area (Å²) in [7, 11) is -2.87. The van der Waals surface area contributed by atoms with Crippen LogP contribution in [0.25, 0.3) is 0 Å². The zero-order valence-corrected chi connectivity index (χ0v) is 11.7. The minimum Gasteiger partial charge on any atom is -0.356 e. The summed E-state index contributed by atoms with van der Waals surface area (Å²) < 4.78 is 24.0. The van der Waals surface area contributed by atoms with E-state index in [9.17, 15) is 8.42 Å². The fourth-order valence-corrected chi connectivity index (χ4v) is 2.24. The summed E-state index contributed by atoms with van der Waals surface area (Å²) in [6.45, 7) is 6.74. The highest BCUT2D eigenvalue weighted by molar-refractivity contribution is 7.90. The molecular weight excluding hydrogens is 238 g/mol. The molecule has 0 bridgehead atoms. The molecular formula is C11H21N3O2S. The van der Waals surface area contributed by atoms with E-state index >= 15 is 0 Å². The number of rotatable bonds is 6. The number of sulfone groups is 1. The van der Waals surface area contributed by atoms with Crippen LogP contribution in [0.5, 0.6) is 0 Å². The second-order valence-corrected chi connectivity index (χ2v) is 6.88. The van der Waals surface area contributed by atoms with Gasteiger partial charge in [-0.1, -0.05) is 0 Å². The lowest BCUT2D eigenvalue weighted by atomic mass is 10.4. The summed E-state index contributed by atoms with van der Waals surface area (Å²) in [4.78, 5) is 4.37. The van der Waals surface area contributed by atoms with E-state index < -0.39 is 9.84 Å². The third kappa shape index (κ3) is 4.77. The van der Waals surface area contributed by atoms with Crippen molar-refractivity contribution in [1.82, 2.24) is 9.55 Å². The van der Waals surface area contributed by atoms with E-state index in [0.29, 0.717) is 19.0 Å². The van der Waals surface area contributed by atoms with Crippen molar-refractivity contribution in [3.05, 3.63) is 11.9 Å². The summed E-state index contributed by atoms with van der Waals surface area (Å²) in [6, 6.07) is 0.341. The van der Waals surface area contributed by atoms with Gasteiger partial charge in [-0.3, -0.25) is 0 Å². The SMILES string of the molecule is Cc1cn(C(C)C)c(NCCCS(C)(=O)=O)n1. The second kappa shape index (κ2) is 5.53. The van der Waals surface area contributed by atoms with Crippen LogP contribution in [0, 0.1) is 6.92 Å². The molecule has 17 heavy (non-hydrogen) atoms. The molecule has 0 atom stereocenters. The zero-order valence-electron chi connectivity index (χ0n) is 10.9. The molecule has 0 aliphatic rings. The Morgan fingerprint density at radius 2 is 2.12 bits per heavy atom. The number of hydrogen-bond donors (Lipinski definition) is 1. The van der Waals surface area contributed by atoms with Gasteiger partial charge in [0.05, 0.1) is 11.4 Å². The summed E-state index contributed by atoms with van der Waals surface area (Å²) in [5.74, 6) is 1.02. The predicted octanol–water partition coefficient (Wildman–Crippen LogP) is 1.62. The fraction of sp³-hybridized carbons (Fsp3) is 0.727. The first-order valence-corrected chi connectivity index (χ1v) is 7.82. The molecule has 0 spiro atoms. The molecule has 1 aromatic rings. The molecule has 5 nitrogen and oxygen atoms in total. The Bertz CT molecular complexity index is 463. The van der Waals surface area contributed by atoms with E-state index in [1.807, 2.05) is 13.1 Å². The van der Waals surface area contributed by atoms with E-state index in [-0.39, 0.29) is 5.75 Å². The van der Waals surface area contributed by atoms with Crippen LogP contribution in [0.1, 0.15) is 32.0 Å². The molecule has 0 saturated heterocycles. The van der Waals surface area contributed by atoms with Crippen LogP contribution in [-0.2, 0) is 9.84 Å². The molecule has 0 fully saturated rings. The summed E-state index contributed by atoms with van der Waals surface area (Å²) in [6.07, 6.45) is 3.85. The maximum absolute atomic E-state index is 11.0. The summed E-state index contributed by atoms with van der Waals surface area (Å²) in [5.41, 5.74) is 0.962. The molecule has 98 valence electrons. The number of nitrogens with one attached hydrogen (secondary N) is 1. The molecule has 0 amide bonds. The summed E-state index contributed by atoms with van der Waals surface area (Å²) in [5, 5.41) is 3.18. The number of anilines is 1. The normalized spacial score (nSPS) is 12.1. The molecule has 1 rings (SSSR count). The molecule has 0 radical (unpaired) electrons. The third-order valence-electron chi connectivity index (χ3n) is 2.38. The number of nitrogens with zero attached hydrogens (tertiary/aromatic N) is 2. The van der Waals surface area contributed by atoms with Gasteiger partial charge in [-0.25, -0.2) is 13.4 Å². The number of imidazole rings is 1. The van der Waals surface area contributed by atoms with Crippen LogP contribution in [-0.4, -0.2) is 36.5 Å². The van der Waals surface area contributed by atoms with Crippen LogP contribution in [0.3, 0.4) is 0 Å². The van der Waals surface area contributed by atoms with E-state index in [4.69, 9.17) is 0 Å². The Hall–Kier alpha value is -1.04. The first-order chi connectivity index (χ1) is 7.79. The third-order valence-corrected chi connectivity index (χ3v) is 3.41. The van der Waals surface area contributed by atoms with Crippen LogP contribution in [0.15, 0.2) is 6.20 Å². The quantitative estimate of drug-likeness (QED) is 0.788. The largest absolute Gasteiger partial charge is 0.356 e. The molecule has 0 aliphatic carbocycles. The Morgan fingerprint density at radius 3 is 2.65 bits per heavy atom. The van der Waals surface area contributed by atoms with Gasteiger partial charge in [0.1, 0.15) is 9.84 Å². The molecule has 0 unspecified atom stereocenters. The van der Waals surface area contributed by atoms with Crippen molar-refractivity contribution in [1.29, 1.82) is 0 Å². The van der Waals surface area contributed by atoms with Crippen LogP contribution < -0.4 is 5.32 Å². The van der Waals surface area contributed by atoms with Crippen LogP contribution in [0.2, 0.25) is 0 Å². The van der Waals surface area contributed by atoms with Gasteiger partial charge in [0.15, 0.2) is 0 Å². The summed E-state index contributed by atoms with van der Waals surface area (Å²) >= 11 is 0. The number of hydrogen-bond acceptors (Lipinski definition) is 4. The van der Waals surface area contributed by atoms with Crippen molar-refractivity contribution in [3.63, 3.8) is 0 Å². The maximum Gasteiger partial charge on any atom is 0.203 e. The van der Waals surface area contributed by atoms with Crippen molar-refractivity contribution >= 4 is 15.8 Å². The van der Waals surface area contributed by atoms with E-state index in [0.717, 1.165) is 11.6 Å². The van der Waals surface area contributed by atoms with Gasteiger partial charge >= 0.3 is 0 Å². The molecule has 0 saturated carbocycles. The second-order valence-electron chi connectivity index (χ2n) is 4.62. The minimum atomic E-state index is -2.87. The lowest BCUT2D eigenvalue weighted by molar-refractivity contribution is 0.597. The zero-order chi connectivity index (χ0) is 13.1. The Balaban J connectivity index is 2.52. The molecule has 0 aromatic carbocycles. The smallest absolute Gasteiger partial charge is 0.203 e. The highest BCUT2D eigenvalue weighted by atomic mass is 32.2. The Morgan fingerprint density at radius 1 is 1.47 bits per heavy atom. The first-order valence-electron chi connectivity index (χ1n) is 5.76. The van der Waals surface area contributed by atoms with Gasteiger partial charge in [-0.05, 0) is 27.2 Å². The van der Waals surface area contributed by atoms with Crippen molar-refractivity contribution in [2.24, 2.45) is 0 Å². The monoisotopic (exact) mass is 259 g/mol. The molecule has 1 aromatic heterocycles. The van der Waals surface area contributed by atoms with Crippen molar-refractivity contribution < 1.29 is 8.42 Å². The highest BCUT2D eigenvalue weighted by Gasteiger charge is 2.08. The lowest BCUT2D eigenvalue weighted by Gasteiger charge is -2.12. The van der Waals surface area contributed by atoms with Crippen LogP contribution >= 0.6 is 0 Å². The van der Waals surface area contributed by atoms with Crippen molar-refractivity contribution in [3.8, 4) is 0 Å². The van der Waals surface area contributed by atoms with Gasteiger partial charge in [0, 0.05) is 25.0 Å². The average molecular weight is 259 g/mol. The Kier molecular flexibility index (Phi) is 4.56. The Labute approximate surface area is 103 Å². The maximum atomic E-state index is 11.0. The van der Waals surface area contributed by atoms with Gasteiger partial charge in [0.2, 0.25) is 5.95 Å². The number of aryl methyl sites for hydroxylation is 1. The molecule has 1 N–H and O–H groups in total. The highest BCUT2D eigenvalue weighted by Crippen LogP contribution is 2.14. The first kappa shape index (κ1) is 14.0. The topological polar surface area (TPSA) is 64.0 Å². The van der Waals surface area contributed by atoms with Gasteiger partial charge in [-0.15, -0.1) is 0 Å². The fourth-order valence-electron chi connectivity index (χ4n) is 1.58. The molecule has 0 aliphatic heterocycles. The number of aromatic nitrogens is 2.